The Labute approximate surface area is 356 Å². The second kappa shape index (κ2) is 14.8. The van der Waals surface area contributed by atoms with Gasteiger partial charge in [0.15, 0.2) is 17.5 Å². The highest BCUT2D eigenvalue weighted by molar-refractivity contribution is 6.01. The van der Waals surface area contributed by atoms with Gasteiger partial charge >= 0.3 is 0 Å². The van der Waals surface area contributed by atoms with Crippen LogP contribution in [0.5, 0.6) is 0 Å². The van der Waals surface area contributed by atoms with Crippen LogP contribution in [0.3, 0.4) is 0 Å². The molecule has 0 N–H and O–H groups in total. The summed E-state index contributed by atoms with van der Waals surface area (Å²) in [6.07, 6.45) is 0. The van der Waals surface area contributed by atoms with Gasteiger partial charge in [0.25, 0.3) is 0 Å². The van der Waals surface area contributed by atoms with Crippen molar-refractivity contribution in [1.82, 2.24) is 19.9 Å². The lowest BCUT2D eigenvalue weighted by Crippen LogP contribution is -2.14. The average molecular weight is 781 g/mol. The summed E-state index contributed by atoms with van der Waals surface area (Å²) in [5.74, 6) is 1.82. The SMILES string of the molecule is CC1(C)c2ccccc2-c2cc3c(-c4ccccc4)cc(-c4cccc(-c5nc(-c6cccc(-c7ccccc7)c6)nc(-c6cccc(-c7ccccc7)c6)n5)c4)nc3cc21. The van der Waals surface area contributed by atoms with E-state index in [0.717, 1.165) is 72.2 Å². The van der Waals surface area contributed by atoms with Crippen molar-refractivity contribution in [2.24, 2.45) is 0 Å². The maximum atomic E-state index is 5.43. The molecule has 1 aliphatic carbocycles. The lowest BCUT2D eigenvalue weighted by molar-refractivity contribution is 0.661. The van der Waals surface area contributed by atoms with E-state index < -0.39 is 0 Å². The minimum Gasteiger partial charge on any atom is -0.248 e. The Kier molecular flexibility index (Phi) is 8.79. The van der Waals surface area contributed by atoms with Gasteiger partial charge in [-0.3, -0.25) is 0 Å². The summed E-state index contributed by atoms with van der Waals surface area (Å²) in [6, 6.07) is 72.6. The average Bonchev–Trinajstić information content (AvgIpc) is 3.56. The van der Waals surface area contributed by atoms with Gasteiger partial charge < -0.3 is 0 Å². The fourth-order valence-corrected chi connectivity index (χ4v) is 8.94. The van der Waals surface area contributed by atoms with Crippen molar-refractivity contribution in [3.8, 4) is 89.9 Å². The first kappa shape index (κ1) is 36.3. The Morgan fingerprint density at radius 2 is 0.738 bits per heavy atom. The molecule has 0 bridgehead atoms. The molecular weight excluding hydrogens is 741 g/mol. The molecule has 0 spiro atoms. The van der Waals surface area contributed by atoms with Crippen LogP contribution >= 0.6 is 0 Å². The summed E-state index contributed by atoms with van der Waals surface area (Å²) in [5, 5.41) is 1.14. The molecule has 2 aromatic heterocycles. The summed E-state index contributed by atoms with van der Waals surface area (Å²) in [4.78, 5) is 21.0. The largest absolute Gasteiger partial charge is 0.248 e. The molecule has 4 heteroatoms. The maximum absolute atomic E-state index is 5.43. The molecule has 61 heavy (non-hydrogen) atoms. The van der Waals surface area contributed by atoms with Gasteiger partial charge in [-0.1, -0.05) is 184 Å². The Bertz CT molecular complexity index is 3160. The van der Waals surface area contributed by atoms with Crippen molar-refractivity contribution in [2.45, 2.75) is 19.3 Å². The van der Waals surface area contributed by atoms with Crippen molar-refractivity contribution in [2.75, 3.05) is 0 Å². The van der Waals surface area contributed by atoms with Gasteiger partial charge in [-0.15, -0.1) is 0 Å². The van der Waals surface area contributed by atoms with Crippen molar-refractivity contribution in [3.05, 3.63) is 217 Å². The minimum atomic E-state index is -0.139. The van der Waals surface area contributed by atoms with Crippen molar-refractivity contribution < 1.29 is 0 Å². The smallest absolute Gasteiger partial charge is 0.164 e. The number of hydrogen-bond acceptors (Lipinski definition) is 4. The van der Waals surface area contributed by atoms with Gasteiger partial charge in [0.2, 0.25) is 0 Å². The summed E-state index contributed by atoms with van der Waals surface area (Å²) in [7, 11) is 0. The molecule has 2 heterocycles. The molecule has 11 rings (SSSR count). The number of nitrogens with zero attached hydrogens (tertiary/aromatic N) is 4. The van der Waals surface area contributed by atoms with E-state index in [1.165, 1.54) is 22.3 Å². The Balaban J connectivity index is 1.07. The molecular formula is C57H40N4. The van der Waals surface area contributed by atoms with Crippen LogP contribution in [0.4, 0.5) is 0 Å². The first-order chi connectivity index (χ1) is 30.0. The van der Waals surface area contributed by atoms with E-state index in [2.05, 4.69) is 208 Å². The van der Waals surface area contributed by atoms with Crippen molar-refractivity contribution in [3.63, 3.8) is 0 Å². The Hall–Kier alpha value is -7.82. The zero-order valence-corrected chi connectivity index (χ0v) is 33.9. The van der Waals surface area contributed by atoms with Gasteiger partial charge in [0.05, 0.1) is 11.2 Å². The first-order valence-electron chi connectivity index (χ1n) is 20.8. The van der Waals surface area contributed by atoms with Crippen LogP contribution in [-0.4, -0.2) is 19.9 Å². The zero-order valence-electron chi connectivity index (χ0n) is 33.9. The van der Waals surface area contributed by atoms with E-state index in [9.17, 15) is 0 Å². The molecule has 0 aliphatic heterocycles. The highest BCUT2D eigenvalue weighted by atomic mass is 15.0. The van der Waals surface area contributed by atoms with Crippen LogP contribution in [0.25, 0.3) is 101 Å². The monoisotopic (exact) mass is 780 g/mol. The van der Waals surface area contributed by atoms with Crippen LogP contribution in [0.2, 0.25) is 0 Å². The summed E-state index contributed by atoms with van der Waals surface area (Å²) in [5.41, 5.74) is 17.5. The number of benzene rings is 8. The van der Waals surface area contributed by atoms with Crippen LogP contribution in [-0.2, 0) is 5.41 Å². The standard InChI is InChI=1S/C57H40N4/c1-57(2)50-30-13-12-29-46(50)48-34-49-47(39-21-10-5-11-22-39)35-52(58-53(49)36-51(48)57)42-25-16-28-45(33-42)56-60-54(43-26-14-23-40(31-43)37-17-6-3-7-18-37)59-55(61-56)44-27-15-24-41(32-44)38-19-8-4-9-20-38/h3-36H,1-2H3. The molecule has 4 nitrogen and oxygen atoms in total. The predicted molar refractivity (Wildman–Crippen MR) is 251 cm³/mol. The van der Waals surface area contributed by atoms with E-state index in [1.807, 2.05) is 12.1 Å². The van der Waals surface area contributed by atoms with Crippen LogP contribution in [0.15, 0.2) is 206 Å². The lowest BCUT2D eigenvalue weighted by Gasteiger charge is -2.22. The van der Waals surface area contributed by atoms with Gasteiger partial charge in [0.1, 0.15) is 0 Å². The highest BCUT2D eigenvalue weighted by Crippen LogP contribution is 2.50. The first-order valence-corrected chi connectivity index (χ1v) is 20.8. The highest BCUT2D eigenvalue weighted by Gasteiger charge is 2.35. The molecule has 0 radical (unpaired) electrons. The van der Waals surface area contributed by atoms with Crippen molar-refractivity contribution in [1.29, 1.82) is 0 Å². The fourth-order valence-electron chi connectivity index (χ4n) is 8.94. The van der Waals surface area contributed by atoms with Gasteiger partial charge in [-0.05, 0) is 92.0 Å². The Morgan fingerprint density at radius 3 is 1.30 bits per heavy atom. The molecule has 1 aliphatic rings. The quantitative estimate of drug-likeness (QED) is 0.162. The topological polar surface area (TPSA) is 51.6 Å². The molecule has 288 valence electrons. The molecule has 0 saturated heterocycles. The fraction of sp³-hybridized carbons (Fsp3) is 0.0526. The summed E-state index contributed by atoms with van der Waals surface area (Å²) >= 11 is 0. The molecule has 10 aromatic rings. The van der Waals surface area contributed by atoms with E-state index in [1.54, 1.807) is 0 Å². The number of hydrogen-bond donors (Lipinski definition) is 0. The molecule has 0 amide bonds. The molecule has 0 atom stereocenters. The van der Waals surface area contributed by atoms with E-state index >= 15 is 0 Å². The van der Waals surface area contributed by atoms with E-state index in [-0.39, 0.29) is 5.41 Å². The van der Waals surface area contributed by atoms with Gasteiger partial charge in [0, 0.05) is 33.1 Å². The van der Waals surface area contributed by atoms with Gasteiger partial charge in [-0.25, -0.2) is 19.9 Å². The summed E-state index contributed by atoms with van der Waals surface area (Å²) in [6.45, 7) is 4.64. The normalized spacial score (nSPS) is 12.6. The van der Waals surface area contributed by atoms with Crippen molar-refractivity contribution >= 4 is 10.9 Å². The van der Waals surface area contributed by atoms with E-state index in [4.69, 9.17) is 19.9 Å². The third-order valence-electron chi connectivity index (χ3n) is 12.1. The van der Waals surface area contributed by atoms with Crippen LogP contribution in [0.1, 0.15) is 25.0 Å². The van der Waals surface area contributed by atoms with Crippen LogP contribution < -0.4 is 0 Å². The third kappa shape index (κ3) is 6.59. The predicted octanol–water partition coefficient (Wildman–Crippen LogP) is 14.4. The minimum absolute atomic E-state index is 0.139. The van der Waals surface area contributed by atoms with Gasteiger partial charge in [-0.2, -0.15) is 0 Å². The molecule has 8 aromatic carbocycles. The number of aromatic nitrogens is 4. The Morgan fingerprint density at radius 1 is 0.295 bits per heavy atom. The third-order valence-corrected chi connectivity index (χ3v) is 12.1. The molecule has 0 saturated carbocycles. The zero-order chi connectivity index (χ0) is 40.9. The van der Waals surface area contributed by atoms with Crippen LogP contribution in [0, 0.1) is 0 Å². The molecule has 0 unspecified atom stereocenters. The second-order valence-electron chi connectivity index (χ2n) is 16.3. The number of rotatable bonds is 7. The van der Waals surface area contributed by atoms with E-state index in [0.29, 0.717) is 17.5 Å². The number of pyridine rings is 1. The maximum Gasteiger partial charge on any atom is 0.164 e. The molecule has 0 fully saturated rings. The second-order valence-corrected chi connectivity index (χ2v) is 16.3. The lowest BCUT2D eigenvalue weighted by atomic mass is 9.82. The summed E-state index contributed by atoms with van der Waals surface area (Å²) < 4.78 is 0. The number of fused-ring (bicyclic) bond motifs is 4.